The van der Waals surface area contributed by atoms with E-state index in [0.29, 0.717) is 19.3 Å². The third-order valence-corrected chi connectivity index (χ3v) is 3.43. The number of hydrogen-bond acceptors (Lipinski definition) is 4. The summed E-state index contributed by atoms with van der Waals surface area (Å²) >= 11 is 0. The van der Waals surface area contributed by atoms with Crippen LogP contribution in [0.25, 0.3) is 0 Å². The van der Waals surface area contributed by atoms with Crippen LogP contribution in [0.3, 0.4) is 0 Å². The molecule has 0 aromatic carbocycles. The van der Waals surface area contributed by atoms with Gasteiger partial charge >= 0.3 is 5.97 Å². The van der Waals surface area contributed by atoms with Crippen molar-refractivity contribution in [1.82, 2.24) is 0 Å². The second-order valence-electron chi connectivity index (χ2n) is 6.06. The van der Waals surface area contributed by atoms with E-state index in [9.17, 15) is 15.0 Å². The average molecular weight is 352 g/mol. The van der Waals surface area contributed by atoms with Gasteiger partial charge in [0.2, 0.25) is 0 Å². The van der Waals surface area contributed by atoms with Crippen LogP contribution in [-0.2, 0) is 4.79 Å². The number of hydrogen-bond donors (Lipinski definition) is 4. The number of unbranched alkanes of at least 4 members (excludes halogenated alkanes) is 1. The highest BCUT2D eigenvalue weighted by Crippen LogP contribution is 2.04. The molecule has 0 aliphatic carbocycles. The Morgan fingerprint density at radius 1 is 0.880 bits per heavy atom. The van der Waals surface area contributed by atoms with Crippen LogP contribution in [0, 0.1) is 0 Å². The molecule has 0 aliphatic rings. The van der Waals surface area contributed by atoms with Gasteiger partial charge in [0, 0.05) is 6.42 Å². The van der Waals surface area contributed by atoms with Gasteiger partial charge in [-0.1, -0.05) is 48.6 Å². The van der Waals surface area contributed by atoms with Crippen molar-refractivity contribution in [3.8, 4) is 0 Å². The summed E-state index contributed by atoms with van der Waals surface area (Å²) in [5, 5.41) is 37.0. The van der Waals surface area contributed by atoms with E-state index in [1.54, 1.807) is 43.4 Å². The smallest absolute Gasteiger partial charge is 0.303 e. The van der Waals surface area contributed by atoms with Crippen molar-refractivity contribution in [2.45, 2.75) is 70.2 Å². The maximum atomic E-state index is 10.4. The number of aliphatic hydroxyl groups is 3. The van der Waals surface area contributed by atoms with E-state index in [4.69, 9.17) is 10.2 Å². The molecule has 0 spiro atoms. The summed E-state index contributed by atoms with van der Waals surface area (Å²) in [7, 11) is 0. The van der Waals surface area contributed by atoms with Crippen molar-refractivity contribution in [3.05, 3.63) is 48.6 Å². The van der Waals surface area contributed by atoms with Crippen molar-refractivity contribution in [2.75, 3.05) is 0 Å². The first kappa shape index (κ1) is 23.3. The molecule has 5 nitrogen and oxygen atoms in total. The molecule has 0 heterocycles. The lowest BCUT2D eigenvalue weighted by molar-refractivity contribution is -0.137. The number of rotatable bonds is 14. The van der Waals surface area contributed by atoms with Crippen molar-refractivity contribution in [3.63, 3.8) is 0 Å². The van der Waals surface area contributed by atoms with Crippen LogP contribution in [0.5, 0.6) is 0 Å². The zero-order chi connectivity index (χ0) is 18.9. The second kappa shape index (κ2) is 15.8. The Morgan fingerprint density at radius 2 is 1.52 bits per heavy atom. The highest BCUT2D eigenvalue weighted by Gasteiger charge is 2.01. The van der Waals surface area contributed by atoms with Gasteiger partial charge in [0.1, 0.15) is 0 Å². The first-order valence-corrected chi connectivity index (χ1v) is 8.84. The van der Waals surface area contributed by atoms with Crippen molar-refractivity contribution in [2.24, 2.45) is 0 Å². The zero-order valence-electron chi connectivity index (χ0n) is 15.0. The van der Waals surface area contributed by atoms with E-state index < -0.39 is 18.2 Å². The summed E-state index contributed by atoms with van der Waals surface area (Å²) in [4.78, 5) is 10.4. The van der Waals surface area contributed by atoms with E-state index in [2.05, 4.69) is 0 Å². The average Bonchev–Trinajstić information content (AvgIpc) is 2.53. The van der Waals surface area contributed by atoms with Crippen LogP contribution in [0.1, 0.15) is 51.9 Å². The van der Waals surface area contributed by atoms with Crippen LogP contribution < -0.4 is 0 Å². The summed E-state index contributed by atoms with van der Waals surface area (Å²) in [6.07, 6.45) is 16.9. The summed E-state index contributed by atoms with van der Waals surface area (Å²) < 4.78 is 0. The van der Waals surface area contributed by atoms with Gasteiger partial charge in [-0.05, 0) is 45.4 Å². The molecule has 0 aliphatic heterocycles. The minimum atomic E-state index is -0.852. The summed E-state index contributed by atoms with van der Waals surface area (Å²) in [6, 6.07) is 0. The third kappa shape index (κ3) is 18.5. The number of aliphatic carboxylic acids is 1. The summed E-state index contributed by atoms with van der Waals surface area (Å²) in [6.45, 7) is 1.78. The fraction of sp³-hybridized carbons (Fsp3) is 0.550. The molecule has 0 bridgehead atoms. The predicted molar refractivity (Wildman–Crippen MR) is 100 cm³/mol. The first-order valence-electron chi connectivity index (χ1n) is 8.84. The largest absolute Gasteiger partial charge is 0.481 e. The van der Waals surface area contributed by atoms with Gasteiger partial charge in [-0.3, -0.25) is 4.79 Å². The molecule has 3 atom stereocenters. The van der Waals surface area contributed by atoms with Gasteiger partial charge in [0.25, 0.3) is 0 Å². The predicted octanol–water partition coefficient (Wildman–Crippen LogP) is 3.13. The van der Waals surface area contributed by atoms with E-state index in [1.807, 2.05) is 12.2 Å². The van der Waals surface area contributed by atoms with Crippen molar-refractivity contribution in [1.29, 1.82) is 0 Å². The lowest BCUT2D eigenvalue weighted by atomic mass is 10.1. The molecule has 0 radical (unpaired) electrons. The Hall–Kier alpha value is -1.69. The van der Waals surface area contributed by atoms with Crippen LogP contribution in [0.4, 0.5) is 0 Å². The minimum absolute atomic E-state index is 0.0658. The first-order chi connectivity index (χ1) is 11.9. The van der Waals surface area contributed by atoms with E-state index in [0.717, 1.165) is 19.3 Å². The van der Waals surface area contributed by atoms with Crippen LogP contribution in [0.2, 0.25) is 0 Å². The van der Waals surface area contributed by atoms with Gasteiger partial charge in [-0.15, -0.1) is 0 Å². The molecule has 4 N–H and O–H groups in total. The molecule has 142 valence electrons. The van der Waals surface area contributed by atoms with Gasteiger partial charge in [0.05, 0.1) is 18.3 Å². The lowest BCUT2D eigenvalue weighted by Gasteiger charge is -2.02. The molecule has 5 heteroatoms. The Bertz CT molecular complexity index is 449. The monoisotopic (exact) mass is 352 g/mol. The molecule has 1 unspecified atom stereocenters. The molecular weight excluding hydrogens is 320 g/mol. The molecular formula is C20H32O5. The maximum absolute atomic E-state index is 10.4. The number of allylic oxidation sites excluding steroid dienone is 5. The molecule has 0 aromatic rings. The second-order valence-corrected chi connectivity index (χ2v) is 6.06. The SMILES string of the molecule is CC(O)CCC/C=C\C[C@@H](O)/C=C/C=C/C=C\[C@@H](O)CCCC(=O)O. The van der Waals surface area contributed by atoms with E-state index >= 15 is 0 Å². The standard InChI is InChI=1S/C20H32O5/c1-17(21)11-6-2-3-7-12-18(22)13-8-4-5-9-14-19(23)15-10-16-20(24)25/h3-5,7-9,13-14,17-19,21-23H,2,6,10-12,15-16H2,1H3,(H,24,25)/b5-4+,7-3-,13-8+,14-9-/t17?,18-,19-/m1/s1. The number of aliphatic hydroxyl groups excluding tert-OH is 3. The maximum Gasteiger partial charge on any atom is 0.303 e. The molecule has 0 aromatic heterocycles. The van der Waals surface area contributed by atoms with Crippen molar-refractivity contribution >= 4 is 5.97 Å². The highest BCUT2D eigenvalue weighted by molar-refractivity contribution is 5.66. The van der Waals surface area contributed by atoms with Gasteiger partial charge in [0.15, 0.2) is 0 Å². The number of carboxylic acids is 1. The molecule has 0 fully saturated rings. The molecule has 0 rings (SSSR count). The lowest BCUT2D eigenvalue weighted by Crippen LogP contribution is -2.03. The number of carboxylic acid groups (broad SMARTS) is 1. The van der Waals surface area contributed by atoms with Gasteiger partial charge in [-0.25, -0.2) is 0 Å². The fourth-order valence-corrected chi connectivity index (χ4v) is 2.03. The molecule has 25 heavy (non-hydrogen) atoms. The van der Waals surface area contributed by atoms with Crippen molar-refractivity contribution < 1.29 is 25.2 Å². The summed E-state index contributed by atoms with van der Waals surface area (Å²) in [5.41, 5.74) is 0. The Labute approximate surface area is 150 Å². The van der Waals surface area contributed by atoms with Gasteiger partial charge in [-0.2, -0.15) is 0 Å². The zero-order valence-corrected chi connectivity index (χ0v) is 15.0. The summed E-state index contributed by atoms with van der Waals surface area (Å²) in [5.74, 6) is -0.852. The topological polar surface area (TPSA) is 98.0 Å². The quantitative estimate of drug-likeness (QED) is 0.219. The van der Waals surface area contributed by atoms with E-state index in [1.165, 1.54) is 0 Å². The normalized spacial score (nSPS) is 16.3. The Morgan fingerprint density at radius 3 is 2.12 bits per heavy atom. The number of carbonyl (C=O) groups is 1. The minimum Gasteiger partial charge on any atom is -0.481 e. The van der Waals surface area contributed by atoms with Crippen LogP contribution in [0.15, 0.2) is 48.6 Å². The van der Waals surface area contributed by atoms with Crippen LogP contribution in [-0.4, -0.2) is 44.7 Å². The highest BCUT2D eigenvalue weighted by atomic mass is 16.4. The van der Waals surface area contributed by atoms with E-state index in [-0.39, 0.29) is 12.5 Å². The Balaban J connectivity index is 3.82. The van der Waals surface area contributed by atoms with Gasteiger partial charge < -0.3 is 20.4 Å². The molecule has 0 saturated heterocycles. The third-order valence-electron chi connectivity index (χ3n) is 3.43. The fourth-order valence-electron chi connectivity index (χ4n) is 2.03. The Kier molecular flexibility index (Phi) is 14.7. The molecule has 0 saturated carbocycles. The molecule has 0 amide bonds. The van der Waals surface area contributed by atoms with Crippen LogP contribution >= 0.6 is 0 Å².